The van der Waals surface area contributed by atoms with Crippen molar-refractivity contribution in [2.45, 2.75) is 12.5 Å². The van der Waals surface area contributed by atoms with Crippen molar-refractivity contribution in [2.75, 3.05) is 13.2 Å². The van der Waals surface area contributed by atoms with E-state index in [0.29, 0.717) is 28.1 Å². The van der Waals surface area contributed by atoms with E-state index in [1.54, 1.807) is 54.0 Å². The van der Waals surface area contributed by atoms with Crippen molar-refractivity contribution in [3.63, 3.8) is 0 Å². The number of halogens is 1. The molecule has 1 aliphatic rings. The van der Waals surface area contributed by atoms with Gasteiger partial charge in [-0.15, -0.1) is 0 Å². The normalized spacial score (nSPS) is 14.2. The highest BCUT2D eigenvalue weighted by Crippen LogP contribution is 2.24. The third-order valence-corrected chi connectivity index (χ3v) is 4.42. The molecule has 1 aliphatic heterocycles. The van der Waals surface area contributed by atoms with Gasteiger partial charge in [0.2, 0.25) is 0 Å². The lowest BCUT2D eigenvalue weighted by Gasteiger charge is -2.18. The average molecular weight is 389 g/mol. The molecule has 2 aromatic carbocycles. The quantitative estimate of drug-likeness (QED) is 0.329. The van der Waals surface area contributed by atoms with Gasteiger partial charge in [-0.05, 0) is 36.2 Å². The van der Waals surface area contributed by atoms with Crippen molar-refractivity contribution in [3.8, 4) is 0 Å². The molecule has 0 saturated heterocycles. The van der Waals surface area contributed by atoms with E-state index in [4.69, 9.17) is 21.5 Å². The van der Waals surface area contributed by atoms with Crippen molar-refractivity contribution in [1.82, 2.24) is 10.4 Å². The Morgan fingerprint density at radius 2 is 1.78 bits per heavy atom. The van der Waals surface area contributed by atoms with Gasteiger partial charge in [-0.2, -0.15) is 0 Å². The molecule has 0 aliphatic carbocycles. The number of carbonyl (C=O) groups excluding carboxylic acids is 3. The molecule has 3 amide bonds. The Kier molecular flexibility index (Phi) is 5.85. The van der Waals surface area contributed by atoms with Gasteiger partial charge in [0.1, 0.15) is 0 Å². The van der Waals surface area contributed by atoms with Gasteiger partial charge in [0.25, 0.3) is 17.7 Å². The maximum absolute atomic E-state index is 12.3. The molecule has 2 N–H and O–H groups in total. The topological polar surface area (TPSA) is 95.9 Å². The lowest BCUT2D eigenvalue weighted by atomic mass is 10.1. The van der Waals surface area contributed by atoms with Crippen LogP contribution in [0.15, 0.2) is 48.5 Å². The monoisotopic (exact) mass is 388 g/mol. The van der Waals surface area contributed by atoms with Crippen LogP contribution >= 0.6 is 11.6 Å². The molecule has 0 radical (unpaired) electrons. The second-order valence-electron chi connectivity index (χ2n) is 5.94. The summed E-state index contributed by atoms with van der Waals surface area (Å²) in [5.41, 5.74) is 2.82. The van der Waals surface area contributed by atoms with Crippen molar-refractivity contribution in [2.24, 2.45) is 0 Å². The van der Waals surface area contributed by atoms with E-state index in [1.807, 2.05) is 0 Å². The van der Waals surface area contributed by atoms with E-state index in [9.17, 15) is 14.4 Å². The van der Waals surface area contributed by atoms with E-state index in [2.05, 4.69) is 0 Å². The lowest BCUT2D eigenvalue weighted by molar-refractivity contribution is -0.142. The Bertz CT molecular complexity index is 851. The van der Waals surface area contributed by atoms with Crippen molar-refractivity contribution in [3.05, 3.63) is 70.2 Å². The number of carbonyl (C=O) groups is 3. The zero-order valence-corrected chi connectivity index (χ0v) is 15.0. The highest BCUT2D eigenvalue weighted by molar-refractivity contribution is 6.30. The summed E-state index contributed by atoms with van der Waals surface area (Å²) in [6.45, 7) is 0.257. The number of nitrogens with one attached hydrogen (secondary N) is 1. The van der Waals surface area contributed by atoms with Crippen LogP contribution < -0.4 is 5.48 Å². The van der Waals surface area contributed by atoms with Gasteiger partial charge in [0, 0.05) is 18.2 Å². The standard InChI is InChI=1S/C19H17ClN2O5/c20-13-6-3-5-12(11-13)16(17(23)21-26)27-10-4-9-22-18(24)14-7-1-2-8-15(14)19(22)25/h1-3,5-8,11,16,26H,4,9-10H2,(H,21,23). The van der Waals surface area contributed by atoms with Crippen LogP contribution in [0.4, 0.5) is 0 Å². The van der Waals surface area contributed by atoms with Crippen LogP contribution in [-0.2, 0) is 9.53 Å². The van der Waals surface area contributed by atoms with Crippen molar-refractivity contribution < 1.29 is 24.3 Å². The van der Waals surface area contributed by atoms with Gasteiger partial charge in [-0.3, -0.25) is 24.5 Å². The number of amides is 3. The molecule has 0 aromatic heterocycles. The summed E-state index contributed by atoms with van der Waals surface area (Å²) >= 11 is 5.93. The summed E-state index contributed by atoms with van der Waals surface area (Å²) in [6, 6.07) is 13.2. The van der Waals surface area contributed by atoms with Gasteiger partial charge in [-0.1, -0.05) is 35.9 Å². The summed E-state index contributed by atoms with van der Waals surface area (Å²) in [5.74, 6) is -1.41. The highest BCUT2D eigenvalue weighted by Gasteiger charge is 2.34. The predicted octanol–water partition coefficient (Wildman–Crippen LogP) is 2.59. The van der Waals surface area contributed by atoms with E-state index in [1.165, 1.54) is 0 Å². The minimum atomic E-state index is -1.06. The summed E-state index contributed by atoms with van der Waals surface area (Å²) in [7, 11) is 0. The zero-order valence-electron chi connectivity index (χ0n) is 14.2. The maximum Gasteiger partial charge on any atom is 0.277 e. The number of imide groups is 1. The molecule has 1 atom stereocenters. The van der Waals surface area contributed by atoms with E-state index >= 15 is 0 Å². The molecule has 1 heterocycles. The summed E-state index contributed by atoms with van der Waals surface area (Å²) in [4.78, 5) is 37.6. The number of benzene rings is 2. The molecule has 0 saturated carbocycles. The Balaban J connectivity index is 1.59. The van der Waals surface area contributed by atoms with Crippen LogP contribution in [0.5, 0.6) is 0 Å². The van der Waals surface area contributed by atoms with E-state index in [-0.39, 0.29) is 25.0 Å². The number of hydrogen-bond donors (Lipinski definition) is 2. The SMILES string of the molecule is O=C(NO)C(OCCCN1C(=O)c2ccccc2C1=O)c1cccc(Cl)c1. The first-order valence-electron chi connectivity index (χ1n) is 8.29. The fraction of sp³-hybridized carbons (Fsp3) is 0.211. The molecule has 1 unspecified atom stereocenters. The molecule has 0 spiro atoms. The molecule has 0 bridgehead atoms. The fourth-order valence-corrected chi connectivity index (χ4v) is 3.12. The maximum atomic E-state index is 12.3. The Labute approximate surface area is 160 Å². The zero-order chi connectivity index (χ0) is 19.4. The van der Waals surface area contributed by atoms with Crippen LogP contribution in [0.3, 0.4) is 0 Å². The Morgan fingerprint density at radius 3 is 2.37 bits per heavy atom. The first-order chi connectivity index (χ1) is 13.0. The first-order valence-corrected chi connectivity index (χ1v) is 8.67. The Morgan fingerprint density at radius 1 is 1.11 bits per heavy atom. The largest absolute Gasteiger partial charge is 0.363 e. The second kappa shape index (κ2) is 8.30. The summed E-state index contributed by atoms with van der Waals surface area (Å²) in [5, 5.41) is 9.35. The average Bonchev–Trinajstić information content (AvgIpc) is 2.92. The molecule has 27 heavy (non-hydrogen) atoms. The first kappa shape index (κ1) is 19.0. The molecule has 3 rings (SSSR count). The number of ether oxygens (including phenoxy) is 1. The van der Waals surface area contributed by atoms with E-state index < -0.39 is 12.0 Å². The number of fused-ring (bicyclic) bond motifs is 1. The number of rotatable bonds is 7. The van der Waals surface area contributed by atoms with Crippen LogP contribution in [0.2, 0.25) is 5.02 Å². The van der Waals surface area contributed by atoms with Gasteiger partial charge in [0.15, 0.2) is 6.10 Å². The predicted molar refractivity (Wildman–Crippen MR) is 96.5 cm³/mol. The molecule has 2 aromatic rings. The number of hydroxylamine groups is 1. The minimum absolute atomic E-state index is 0.0952. The van der Waals surface area contributed by atoms with Gasteiger partial charge in [0.05, 0.1) is 11.1 Å². The van der Waals surface area contributed by atoms with Crippen LogP contribution in [0, 0.1) is 0 Å². The van der Waals surface area contributed by atoms with E-state index in [0.717, 1.165) is 4.90 Å². The highest BCUT2D eigenvalue weighted by atomic mass is 35.5. The minimum Gasteiger partial charge on any atom is -0.363 e. The number of nitrogens with zero attached hydrogens (tertiary/aromatic N) is 1. The summed E-state index contributed by atoms with van der Waals surface area (Å²) < 4.78 is 5.56. The molecule has 8 heteroatoms. The number of hydrogen-bond acceptors (Lipinski definition) is 5. The van der Waals surface area contributed by atoms with Crippen molar-refractivity contribution in [1.29, 1.82) is 0 Å². The molecule has 7 nitrogen and oxygen atoms in total. The smallest absolute Gasteiger partial charge is 0.277 e. The van der Waals surface area contributed by atoms with Gasteiger partial charge < -0.3 is 4.74 Å². The van der Waals surface area contributed by atoms with Gasteiger partial charge >= 0.3 is 0 Å². The van der Waals surface area contributed by atoms with Crippen LogP contribution in [0.25, 0.3) is 0 Å². The molecule has 0 fully saturated rings. The third-order valence-electron chi connectivity index (χ3n) is 4.19. The fourth-order valence-electron chi connectivity index (χ4n) is 2.92. The lowest BCUT2D eigenvalue weighted by Crippen LogP contribution is -2.32. The molecule has 140 valence electrons. The second-order valence-corrected chi connectivity index (χ2v) is 6.38. The van der Waals surface area contributed by atoms with Gasteiger partial charge in [-0.25, -0.2) is 5.48 Å². The Hall–Kier alpha value is -2.74. The third kappa shape index (κ3) is 4.00. The van der Waals surface area contributed by atoms with Crippen molar-refractivity contribution >= 4 is 29.3 Å². The molecular formula is C19H17ClN2O5. The van der Waals surface area contributed by atoms with Crippen LogP contribution in [0.1, 0.15) is 38.8 Å². The van der Waals surface area contributed by atoms with Crippen LogP contribution in [-0.4, -0.2) is 41.0 Å². The molecular weight excluding hydrogens is 372 g/mol. The summed E-state index contributed by atoms with van der Waals surface area (Å²) in [6.07, 6.45) is -0.725.